The van der Waals surface area contributed by atoms with E-state index in [0.29, 0.717) is 41.5 Å². The zero-order valence-electron chi connectivity index (χ0n) is 22.2. The molecule has 5 amide bonds. The van der Waals surface area contributed by atoms with E-state index >= 15 is 0 Å². The molecule has 0 aromatic heterocycles. The number of cyclic esters (lactones) is 2. The monoisotopic (exact) mass is 524 g/mol. The van der Waals surface area contributed by atoms with Gasteiger partial charge in [0.05, 0.1) is 18.9 Å². The third-order valence-corrected chi connectivity index (χ3v) is 6.19. The molecule has 38 heavy (non-hydrogen) atoms. The summed E-state index contributed by atoms with van der Waals surface area (Å²) in [4.78, 5) is 51.4. The molecular weight excluding hydrogens is 488 g/mol. The van der Waals surface area contributed by atoms with Crippen molar-refractivity contribution >= 4 is 46.9 Å². The maximum atomic E-state index is 13.3. The van der Waals surface area contributed by atoms with Crippen LogP contribution in [0.4, 0.5) is 37.1 Å². The fraction of sp³-hybridized carbons (Fsp3) is 0.429. The Hall–Kier alpha value is -4.08. The number of hydrogen-bond donors (Lipinski definition) is 3. The lowest BCUT2D eigenvalue weighted by molar-refractivity contribution is -0.115. The lowest BCUT2D eigenvalue weighted by Crippen LogP contribution is -2.39. The van der Waals surface area contributed by atoms with Crippen LogP contribution in [0.25, 0.3) is 0 Å². The molecule has 0 saturated heterocycles. The van der Waals surface area contributed by atoms with Crippen LogP contribution in [0.15, 0.2) is 36.4 Å². The first-order valence-electron chi connectivity index (χ1n) is 12.9. The van der Waals surface area contributed by atoms with Crippen molar-refractivity contribution in [3.8, 4) is 0 Å². The van der Waals surface area contributed by atoms with Gasteiger partial charge in [0.2, 0.25) is 5.91 Å². The molecule has 2 aromatic rings. The highest BCUT2D eigenvalue weighted by Gasteiger charge is 2.23. The van der Waals surface area contributed by atoms with Crippen molar-refractivity contribution in [1.82, 2.24) is 0 Å². The highest BCUT2D eigenvalue weighted by atomic mass is 16.6. The van der Waals surface area contributed by atoms with Gasteiger partial charge in [-0.15, -0.1) is 0 Å². The number of nitrogens with zero attached hydrogens (tertiary/aromatic N) is 1. The maximum Gasteiger partial charge on any atom is 0.411 e. The van der Waals surface area contributed by atoms with Crippen molar-refractivity contribution in [2.75, 3.05) is 34.1 Å². The smallest absolute Gasteiger partial charge is 0.411 e. The first-order valence-corrected chi connectivity index (χ1v) is 12.9. The standard InChI is InChI=1S/C28H36N4O6/c1-19-11-13-22-17-24(19)31-26(34)32(21(3)33)25-18-23(14-12-20(25)2)30-28(36)38-16-10-8-6-4-5-7-9-15-37-27(35)29-22/h11-14,17-18H,4-10,15-16H2,1-3H3,(H,29,35)(H,30,36)(H,31,34). The topological polar surface area (TPSA) is 126 Å². The van der Waals surface area contributed by atoms with Gasteiger partial charge in [0.1, 0.15) is 0 Å². The van der Waals surface area contributed by atoms with Crippen LogP contribution in [0, 0.1) is 13.8 Å². The number of fused-ring (bicyclic) bond motifs is 4. The fourth-order valence-electron chi connectivity index (χ4n) is 4.08. The van der Waals surface area contributed by atoms with Gasteiger partial charge in [-0.05, 0) is 62.1 Å². The van der Waals surface area contributed by atoms with E-state index in [1.165, 1.54) is 6.92 Å². The van der Waals surface area contributed by atoms with Crippen LogP contribution in [0.2, 0.25) is 0 Å². The SMILES string of the molecule is CC(=O)N1C(=O)Nc2cc(ccc2C)NC(=O)OCCCCCCCCCOC(=O)Nc2ccc(C)c1c2. The lowest BCUT2D eigenvalue weighted by Gasteiger charge is -2.23. The highest BCUT2D eigenvalue weighted by Crippen LogP contribution is 2.27. The third-order valence-electron chi connectivity index (χ3n) is 6.19. The first-order chi connectivity index (χ1) is 18.2. The van der Waals surface area contributed by atoms with Crippen LogP contribution in [-0.2, 0) is 14.3 Å². The molecule has 0 saturated carbocycles. The summed E-state index contributed by atoms with van der Waals surface area (Å²) in [5.41, 5.74) is 2.97. The molecule has 4 bridgehead atoms. The number of hydrogen-bond acceptors (Lipinski definition) is 6. The minimum atomic E-state index is -0.683. The molecule has 10 heteroatoms. The van der Waals surface area contributed by atoms with Gasteiger partial charge in [-0.25, -0.2) is 19.3 Å². The summed E-state index contributed by atoms with van der Waals surface area (Å²) < 4.78 is 10.6. The Bertz CT molecular complexity index is 1170. The molecule has 0 atom stereocenters. The van der Waals surface area contributed by atoms with Crippen LogP contribution in [0.3, 0.4) is 0 Å². The molecule has 3 rings (SSSR count). The molecule has 2 aromatic carbocycles. The molecule has 204 valence electrons. The number of carbonyl (C=O) groups is 4. The number of aryl methyl sites for hydroxylation is 2. The van der Waals surface area contributed by atoms with Crippen molar-refractivity contribution in [3.05, 3.63) is 47.5 Å². The number of benzene rings is 2. The summed E-state index contributed by atoms with van der Waals surface area (Å²) in [7, 11) is 0. The van der Waals surface area contributed by atoms with Crippen LogP contribution in [-0.4, -0.2) is 37.3 Å². The summed E-state index contributed by atoms with van der Waals surface area (Å²) in [5, 5.41) is 8.10. The predicted octanol–water partition coefficient (Wildman–Crippen LogP) is 6.73. The summed E-state index contributed by atoms with van der Waals surface area (Å²) in [6.45, 7) is 5.45. The van der Waals surface area contributed by atoms with Crippen LogP contribution in [0.5, 0.6) is 0 Å². The minimum absolute atomic E-state index is 0.299. The number of anilines is 4. The average Bonchev–Trinajstić information content (AvgIpc) is 2.86. The Labute approximate surface area is 223 Å². The van der Waals surface area contributed by atoms with Crippen LogP contribution >= 0.6 is 0 Å². The average molecular weight is 525 g/mol. The maximum absolute atomic E-state index is 13.3. The molecule has 3 N–H and O–H groups in total. The number of ether oxygens (including phenoxy) is 2. The Morgan fingerprint density at radius 2 is 1.21 bits per heavy atom. The van der Waals surface area contributed by atoms with Gasteiger partial charge < -0.3 is 14.8 Å². The lowest BCUT2D eigenvalue weighted by atomic mass is 10.1. The van der Waals surface area contributed by atoms with Gasteiger partial charge in [-0.1, -0.05) is 44.2 Å². The molecule has 0 radical (unpaired) electrons. The van der Waals surface area contributed by atoms with E-state index in [9.17, 15) is 19.2 Å². The van der Waals surface area contributed by atoms with Crippen molar-refractivity contribution in [2.45, 2.75) is 65.7 Å². The number of rotatable bonds is 0. The number of urea groups is 1. The van der Waals surface area contributed by atoms with Gasteiger partial charge in [0.25, 0.3) is 0 Å². The predicted molar refractivity (Wildman–Crippen MR) is 147 cm³/mol. The highest BCUT2D eigenvalue weighted by molar-refractivity contribution is 6.18. The number of carbonyl (C=O) groups excluding carboxylic acids is 4. The van der Waals surface area contributed by atoms with Gasteiger partial charge in [-0.2, -0.15) is 0 Å². The number of nitrogens with one attached hydrogen (secondary N) is 3. The second-order valence-electron chi connectivity index (χ2n) is 9.31. The molecule has 0 aliphatic carbocycles. The van der Waals surface area contributed by atoms with Crippen molar-refractivity contribution in [1.29, 1.82) is 0 Å². The third kappa shape index (κ3) is 8.50. The zero-order chi connectivity index (χ0) is 27.5. The van der Waals surface area contributed by atoms with Crippen LogP contribution in [0.1, 0.15) is 63.0 Å². The molecule has 1 aliphatic rings. The largest absolute Gasteiger partial charge is 0.449 e. The normalized spacial score (nSPS) is 16.6. The minimum Gasteiger partial charge on any atom is -0.449 e. The van der Waals surface area contributed by atoms with Gasteiger partial charge in [0, 0.05) is 24.0 Å². The van der Waals surface area contributed by atoms with E-state index in [1.54, 1.807) is 50.2 Å². The van der Waals surface area contributed by atoms with E-state index < -0.39 is 24.1 Å². The second-order valence-corrected chi connectivity index (χ2v) is 9.31. The molecule has 10 nitrogen and oxygen atoms in total. The van der Waals surface area contributed by atoms with E-state index in [2.05, 4.69) is 16.0 Å². The Morgan fingerprint density at radius 3 is 1.76 bits per heavy atom. The summed E-state index contributed by atoms with van der Waals surface area (Å²) in [5.74, 6) is -0.512. The Morgan fingerprint density at radius 1 is 0.711 bits per heavy atom. The van der Waals surface area contributed by atoms with E-state index in [0.717, 1.165) is 55.4 Å². The fourth-order valence-corrected chi connectivity index (χ4v) is 4.08. The van der Waals surface area contributed by atoms with Crippen molar-refractivity contribution in [2.24, 2.45) is 0 Å². The summed E-state index contributed by atoms with van der Waals surface area (Å²) in [6, 6.07) is 9.31. The quantitative estimate of drug-likeness (QED) is 0.351. The molecule has 1 heterocycles. The van der Waals surface area contributed by atoms with E-state index in [4.69, 9.17) is 9.47 Å². The number of imide groups is 1. The molecule has 0 fully saturated rings. The van der Waals surface area contributed by atoms with E-state index in [-0.39, 0.29) is 0 Å². The van der Waals surface area contributed by atoms with Crippen LogP contribution < -0.4 is 20.9 Å². The van der Waals surface area contributed by atoms with Gasteiger partial charge in [0.15, 0.2) is 0 Å². The number of amides is 5. The Balaban J connectivity index is 1.85. The Kier molecular flexibility index (Phi) is 10.5. The summed E-state index contributed by atoms with van der Waals surface area (Å²) >= 11 is 0. The van der Waals surface area contributed by atoms with E-state index in [1.807, 2.05) is 0 Å². The first kappa shape index (κ1) is 28.5. The molecule has 0 spiro atoms. The van der Waals surface area contributed by atoms with Crippen molar-refractivity contribution < 1.29 is 28.7 Å². The molecule has 0 unspecified atom stereocenters. The molecule has 1 aliphatic heterocycles. The van der Waals surface area contributed by atoms with Crippen molar-refractivity contribution in [3.63, 3.8) is 0 Å². The summed E-state index contributed by atoms with van der Waals surface area (Å²) in [6.07, 6.45) is 5.41. The molecular formula is C28H36N4O6. The second kappa shape index (κ2) is 14.0. The van der Waals surface area contributed by atoms with Gasteiger partial charge >= 0.3 is 18.2 Å². The zero-order valence-corrected chi connectivity index (χ0v) is 22.2. The van der Waals surface area contributed by atoms with Gasteiger partial charge in [-0.3, -0.25) is 15.4 Å².